The van der Waals surface area contributed by atoms with Crippen LogP contribution < -0.4 is 0 Å². The zero-order valence-electron chi connectivity index (χ0n) is 11.1. The molecule has 0 aliphatic rings. The molecule has 21 heavy (non-hydrogen) atoms. The van der Waals surface area contributed by atoms with Crippen molar-refractivity contribution >= 4 is 28.3 Å². The monoisotopic (exact) mass is 297 g/mol. The fourth-order valence-corrected chi connectivity index (χ4v) is 2.25. The van der Waals surface area contributed by atoms with Crippen molar-refractivity contribution in [2.24, 2.45) is 0 Å². The number of halogens is 1. The van der Waals surface area contributed by atoms with Gasteiger partial charge < -0.3 is 4.74 Å². The Labute approximate surface area is 127 Å². The number of fused-ring (bicyclic) bond motifs is 1. The summed E-state index contributed by atoms with van der Waals surface area (Å²) >= 11 is 5.69. The van der Waals surface area contributed by atoms with Gasteiger partial charge in [-0.1, -0.05) is 54.1 Å². The first-order chi connectivity index (χ1) is 10.2. The van der Waals surface area contributed by atoms with Gasteiger partial charge in [-0.3, -0.25) is 0 Å². The van der Waals surface area contributed by atoms with Gasteiger partial charge in [0.2, 0.25) is 0 Å². The highest BCUT2D eigenvalue weighted by molar-refractivity contribution is 6.29. The Kier molecular flexibility index (Phi) is 3.84. The first kappa shape index (κ1) is 13.6. The molecule has 1 heterocycles. The third-order valence-corrected chi connectivity index (χ3v) is 3.43. The molecule has 3 rings (SSSR count). The van der Waals surface area contributed by atoms with Crippen LogP contribution in [-0.2, 0) is 11.3 Å². The van der Waals surface area contributed by atoms with Crippen LogP contribution in [0.15, 0.2) is 60.8 Å². The Morgan fingerprint density at radius 2 is 1.86 bits per heavy atom. The summed E-state index contributed by atoms with van der Waals surface area (Å²) in [6, 6.07) is 17.1. The number of carbonyl (C=O) groups is 1. The van der Waals surface area contributed by atoms with E-state index in [0.717, 1.165) is 16.3 Å². The SMILES string of the molecule is O=C(OCc1cccc2ccccc12)c1ccc(Cl)nc1. The third kappa shape index (κ3) is 3.03. The molecular formula is C17H12ClNO2. The number of ether oxygens (including phenoxy) is 1. The van der Waals surface area contributed by atoms with Crippen LogP contribution in [0.4, 0.5) is 0 Å². The molecule has 104 valence electrons. The molecule has 0 amide bonds. The maximum absolute atomic E-state index is 12.0. The molecule has 3 aromatic rings. The average Bonchev–Trinajstić information content (AvgIpc) is 2.53. The highest BCUT2D eigenvalue weighted by Crippen LogP contribution is 2.19. The van der Waals surface area contributed by atoms with Gasteiger partial charge in [0.25, 0.3) is 0 Å². The first-order valence-electron chi connectivity index (χ1n) is 6.49. The van der Waals surface area contributed by atoms with Gasteiger partial charge in [-0.25, -0.2) is 9.78 Å². The number of benzene rings is 2. The van der Waals surface area contributed by atoms with E-state index in [2.05, 4.69) is 4.98 Å². The minimum Gasteiger partial charge on any atom is -0.457 e. The Morgan fingerprint density at radius 3 is 2.67 bits per heavy atom. The second-order valence-electron chi connectivity index (χ2n) is 4.58. The van der Waals surface area contributed by atoms with E-state index in [1.807, 2.05) is 42.5 Å². The van der Waals surface area contributed by atoms with Crippen LogP contribution in [0.5, 0.6) is 0 Å². The van der Waals surface area contributed by atoms with E-state index in [9.17, 15) is 4.79 Å². The van der Waals surface area contributed by atoms with E-state index in [1.165, 1.54) is 6.20 Å². The maximum Gasteiger partial charge on any atom is 0.340 e. The van der Waals surface area contributed by atoms with E-state index < -0.39 is 5.97 Å². The number of pyridine rings is 1. The fraction of sp³-hybridized carbons (Fsp3) is 0.0588. The molecule has 0 unspecified atom stereocenters. The molecular weight excluding hydrogens is 286 g/mol. The highest BCUT2D eigenvalue weighted by atomic mass is 35.5. The Bertz CT molecular complexity index is 779. The van der Waals surface area contributed by atoms with E-state index >= 15 is 0 Å². The third-order valence-electron chi connectivity index (χ3n) is 3.20. The average molecular weight is 298 g/mol. The molecule has 3 nitrogen and oxygen atoms in total. The molecule has 0 spiro atoms. The van der Waals surface area contributed by atoms with Crippen LogP contribution in [-0.4, -0.2) is 11.0 Å². The maximum atomic E-state index is 12.0. The molecule has 0 N–H and O–H groups in total. The van der Waals surface area contributed by atoms with Crippen LogP contribution >= 0.6 is 11.6 Å². The van der Waals surface area contributed by atoms with Crippen molar-refractivity contribution in [2.75, 3.05) is 0 Å². The normalized spacial score (nSPS) is 10.5. The molecule has 0 bridgehead atoms. The van der Waals surface area contributed by atoms with Crippen molar-refractivity contribution in [3.05, 3.63) is 77.1 Å². The number of hydrogen-bond acceptors (Lipinski definition) is 3. The topological polar surface area (TPSA) is 39.2 Å². The Morgan fingerprint density at radius 1 is 1.05 bits per heavy atom. The van der Waals surface area contributed by atoms with Crippen LogP contribution in [0, 0.1) is 0 Å². The number of hydrogen-bond donors (Lipinski definition) is 0. The smallest absolute Gasteiger partial charge is 0.340 e. The molecule has 0 saturated carbocycles. The Hall–Kier alpha value is -2.39. The molecule has 0 aliphatic carbocycles. The summed E-state index contributed by atoms with van der Waals surface area (Å²) < 4.78 is 5.34. The van der Waals surface area contributed by atoms with Crippen molar-refractivity contribution in [2.45, 2.75) is 6.61 Å². The predicted molar refractivity (Wildman–Crippen MR) is 82.3 cm³/mol. The number of esters is 1. The van der Waals surface area contributed by atoms with E-state index in [4.69, 9.17) is 16.3 Å². The summed E-state index contributed by atoms with van der Waals surface area (Å²) in [7, 11) is 0. The lowest BCUT2D eigenvalue weighted by Gasteiger charge is -2.08. The van der Waals surface area contributed by atoms with Crippen LogP contribution in [0.2, 0.25) is 5.15 Å². The van der Waals surface area contributed by atoms with Gasteiger partial charge in [0.05, 0.1) is 5.56 Å². The fourth-order valence-electron chi connectivity index (χ4n) is 2.14. The van der Waals surface area contributed by atoms with Gasteiger partial charge in [0.1, 0.15) is 11.8 Å². The summed E-state index contributed by atoms with van der Waals surface area (Å²) in [6.45, 7) is 0.225. The van der Waals surface area contributed by atoms with Crippen molar-refractivity contribution in [3.63, 3.8) is 0 Å². The van der Waals surface area contributed by atoms with Gasteiger partial charge in [0, 0.05) is 6.20 Å². The highest BCUT2D eigenvalue weighted by Gasteiger charge is 2.09. The van der Waals surface area contributed by atoms with Gasteiger partial charge in [-0.2, -0.15) is 0 Å². The van der Waals surface area contributed by atoms with Gasteiger partial charge in [-0.05, 0) is 28.5 Å². The van der Waals surface area contributed by atoms with Gasteiger partial charge in [0.15, 0.2) is 0 Å². The zero-order chi connectivity index (χ0) is 14.7. The van der Waals surface area contributed by atoms with Crippen molar-refractivity contribution in [3.8, 4) is 0 Å². The van der Waals surface area contributed by atoms with E-state index in [1.54, 1.807) is 12.1 Å². The largest absolute Gasteiger partial charge is 0.457 e. The molecule has 0 atom stereocenters. The minimum atomic E-state index is -0.410. The summed E-state index contributed by atoms with van der Waals surface area (Å²) in [4.78, 5) is 15.8. The summed E-state index contributed by atoms with van der Waals surface area (Å²) in [6.07, 6.45) is 1.41. The molecule has 0 aliphatic heterocycles. The lowest BCUT2D eigenvalue weighted by atomic mass is 10.1. The van der Waals surface area contributed by atoms with Gasteiger partial charge >= 0.3 is 5.97 Å². The van der Waals surface area contributed by atoms with Crippen molar-refractivity contribution in [1.29, 1.82) is 0 Å². The molecule has 0 radical (unpaired) electrons. The summed E-state index contributed by atoms with van der Waals surface area (Å²) in [5.41, 5.74) is 1.36. The number of nitrogens with zero attached hydrogens (tertiary/aromatic N) is 1. The molecule has 1 aromatic heterocycles. The van der Waals surface area contributed by atoms with Crippen LogP contribution in [0.3, 0.4) is 0 Å². The van der Waals surface area contributed by atoms with Crippen molar-refractivity contribution in [1.82, 2.24) is 4.98 Å². The van der Waals surface area contributed by atoms with Gasteiger partial charge in [-0.15, -0.1) is 0 Å². The number of rotatable bonds is 3. The van der Waals surface area contributed by atoms with Crippen LogP contribution in [0.1, 0.15) is 15.9 Å². The number of carbonyl (C=O) groups excluding carboxylic acids is 1. The minimum absolute atomic E-state index is 0.225. The molecule has 2 aromatic carbocycles. The zero-order valence-corrected chi connectivity index (χ0v) is 11.9. The predicted octanol–water partition coefficient (Wildman–Crippen LogP) is 4.25. The quantitative estimate of drug-likeness (QED) is 0.536. The van der Waals surface area contributed by atoms with Crippen molar-refractivity contribution < 1.29 is 9.53 Å². The standard InChI is InChI=1S/C17H12ClNO2/c18-16-9-8-13(10-19-16)17(20)21-11-14-6-3-5-12-4-1-2-7-15(12)14/h1-10H,11H2. The lowest BCUT2D eigenvalue weighted by molar-refractivity contribution is 0.0474. The molecule has 0 fully saturated rings. The lowest BCUT2D eigenvalue weighted by Crippen LogP contribution is -2.05. The number of aromatic nitrogens is 1. The Balaban J connectivity index is 1.77. The van der Waals surface area contributed by atoms with E-state index in [0.29, 0.717) is 10.7 Å². The second-order valence-corrected chi connectivity index (χ2v) is 4.97. The first-order valence-corrected chi connectivity index (χ1v) is 6.87. The van der Waals surface area contributed by atoms with Crippen LogP contribution in [0.25, 0.3) is 10.8 Å². The summed E-state index contributed by atoms with van der Waals surface area (Å²) in [5, 5.41) is 2.56. The van der Waals surface area contributed by atoms with E-state index in [-0.39, 0.29) is 6.61 Å². The molecule has 0 saturated heterocycles. The summed E-state index contributed by atoms with van der Waals surface area (Å²) in [5.74, 6) is -0.410. The molecule has 4 heteroatoms. The second kappa shape index (κ2) is 5.94.